The Kier molecular flexibility index (Phi) is 7.74. The summed E-state index contributed by atoms with van der Waals surface area (Å²) in [6.07, 6.45) is 0.159. The molecule has 1 heterocycles. The monoisotopic (exact) mass is 573 g/mol. The van der Waals surface area contributed by atoms with Crippen molar-refractivity contribution in [2.45, 2.75) is 25.8 Å². The number of carboxylic acid groups (broad SMARTS) is 1. The molecule has 1 aromatic heterocycles. The van der Waals surface area contributed by atoms with Crippen molar-refractivity contribution in [3.8, 4) is 22.5 Å². The summed E-state index contributed by atoms with van der Waals surface area (Å²) < 4.78 is 19.9. The first-order chi connectivity index (χ1) is 20.2. The highest BCUT2D eigenvalue weighted by Crippen LogP contribution is 2.44. The van der Waals surface area contributed by atoms with Crippen LogP contribution >= 0.6 is 0 Å². The molecule has 0 saturated heterocycles. The van der Waals surface area contributed by atoms with Crippen LogP contribution in [0.1, 0.15) is 41.0 Å². The number of aliphatic hydroxyl groups is 1. The number of furan rings is 1. The van der Waals surface area contributed by atoms with E-state index in [4.69, 9.17) is 4.42 Å². The molecule has 3 aromatic carbocycles. The number of carboxylic acids is 1. The van der Waals surface area contributed by atoms with Crippen LogP contribution in [0.15, 0.2) is 65.1 Å². The van der Waals surface area contributed by atoms with Gasteiger partial charge >= 0.3 is 5.97 Å². The van der Waals surface area contributed by atoms with E-state index < -0.39 is 29.2 Å². The quantitative estimate of drug-likeness (QED) is 0.217. The average Bonchev–Trinajstić information content (AvgIpc) is 3.60. The van der Waals surface area contributed by atoms with Gasteiger partial charge in [-0.15, -0.1) is 0 Å². The number of nitrogens with zero attached hydrogens (tertiary/aromatic N) is 1. The van der Waals surface area contributed by atoms with Crippen molar-refractivity contribution in [3.63, 3.8) is 0 Å². The van der Waals surface area contributed by atoms with Gasteiger partial charge < -0.3 is 30.2 Å². The Bertz CT molecular complexity index is 1680. The van der Waals surface area contributed by atoms with Gasteiger partial charge in [-0.2, -0.15) is 0 Å². The molecule has 2 amide bonds. The zero-order valence-electron chi connectivity index (χ0n) is 23.5. The third-order valence-electron chi connectivity index (χ3n) is 7.95. The van der Waals surface area contributed by atoms with Crippen LogP contribution in [-0.2, 0) is 4.79 Å². The summed E-state index contributed by atoms with van der Waals surface area (Å²) in [6.45, 7) is 5.04. The van der Waals surface area contributed by atoms with E-state index in [9.17, 15) is 29.0 Å². The van der Waals surface area contributed by atoms with Crippen LogP contribution in [0.3, 0.4) is 0 Å². The van der Waals surface area contributed by atoms with Gasteiger partial charge in [0, 0.05) is 66.5 Å². The second kappa shape index (κ2) is 11.3. The zero-order chi connectivity index (χ0) is 30.2. The fraction of sp³-hybridized carbons (Fsp3) is 0.281. The van der Waals surface area contributed by atoms with Crippen LogP contribution in [0.5, 0.6) is 0 Å². The number of carbonyl (C=O) groups is 3. The highest BCUT2D eigenvalue weighted by molar-refractivity contribution is 6.13. The van der Waals surface area contributed by atoms with Crippen molar-refractivity contribution in [3.05, 3.63) is 77.6 Å². The Morgan fingerprint density at radius 1 is 1.02 bits per heavy atom. The molecule has 5 rings (SSSR count). The lowest BCUT2D eigenvalue weighted by molar-refractivity contribution is -0.141. The van der Waals surface area contributed by atoms with Crippen molar-refractivity contribution in [2.75, 3.05) is 31.6 Å². The smallest absolute Gasteiger partial charge is 0.329 e. The summed E-state index contributed by atoms with van der Waals surface area (Å²) in [4.78, 5) is 40.3. The molecule has 0 radical (unpaired) electrons. The fourth-order valence-electron chi connectivity index (χ4n) is 5.47. The van der Waals surface area contributed by atoms with E-state index in [1.165, 1.54) is 19.2 Å². The summed E-state index contributed by atoms with van der Waals surface area (Å²) in [7, 11) is 1.52. The summed E-state index contributed by atoms with van der Waals surface area (Å²) in [5, 5.41) is 25.0. The number of aliphatic hydroxyl groups excluding tert-OH is 1. The molecule has 1 saturated carbocycles. The molecule has 1 aliphatic carbocycles. The average molecular weight is 574 g/mol. The minimum absolute atomic E-state index is 0.159. The molecule has 4 aromatic rings. The minimum atomic E-state index is -1.48. The van der Waals surface area contributed by atoms with E-state index in [1.54, 1.807) is 30.3 Å². The topological polar surface area (TPSA) is 132 Å². The molecule has 10 heteroatoms. The molecule has 9 nitrogen and oxygen atoms in total. The van der Waals surface area contributed by atoms with E-state index in [0.29, 0.717) is 46.5 Å². The standard InChI is InChI=1S/C32H32FN3O6/c1-4-36(5-2)25-15-26-24(27(30(39)34-3)28(42-26)18-9-11-22(33)12-10-18)14-23(25)19-7-6-8-20(13-19)29(38)35-32(31(40)41)16-21(32)17-37/h6-15,21,37H,4-5,16-17H2,1-3H3,(H,34,39)(H,35,38)(H,40,41)/t21-,32-/m1/s1. The molecule has 42 heavy (non-hydrogen) atoms. The summed E-state index contributed by atoms with van der Waals surface area (Å²) in [6, 6.07) is 16.3. The molecule has 2 atom stereocenters. The number of anilines is 1. The van der Waals surface area contributed by atoms with Crippen LogP contribution in [0, 0.1) is 11.7 Å². The van der Waals surface area contributed by atoms with Gasteiger partial charge in [-0.25, -0.2) is 9.18 Å². The van der Waals surface area contributed by atoms with Gasteiger partial charge in [0.2, 0.25) is 0 Å². The summed E-state index contributed by atoms with van der Waals surface area (Å²) >= 11 is 0. The number of amides is 2. The third-order valence-corrected chi connectivity index (χ3v) is 7.95. The maximum atomic E-state index is 13.7. The van der Waals surface area contributed by atoms with E-state index in [0.717, 1.165) is 11.3 Å². The maximum absolute atomic E-state index is 13.7. The van der Waals surface area contributed by atoms with Crippen LogP contribution in [0.2, 0.25) is 0 Å². The van der Waals surface area contributed by atoms with Gasteiger partial charge in [0.1, 0.15) is 22.7 Å². The zero-order valence-corrected chi connectivity index (χ0v) is 23.5. The lowest BCUT2D eigenvalue weighted by Crippen LogP contribution is -2.45. The number of fused-ring (bicyclic) bond motifs is 1. The lowest BCUT2D eigenvalue weighted by Gasteiger charge is -2.24. The van der Waals surface area contributed by atoms with Crippen molar-refractivity contribution in [2.24, 2.45) is 5.92 Å². The second-order valence-corrected chi connectivity index (χ2v) is 10.3. The predicted molar refractivity (Wildman–Crippen MR) is 157 cm³/mol. The Balaban J connectivity index is 1.66. The maximum Gasteiger partial charge on any atom is 0.329 e. The third kappa shape index (κ3) is 4.98. The van der Waals surface area contributed by atoms with Crippen molar-refractivity contribution in [1.82, 2.24) is 10.6 Å². The number of aliphatic carboxylic acids is 1. The molecular formula is C32H32FN3O6. The van der Waals surface area contributed by atoms with E-state index in [2.05, 4.69) is 15.5 Å². The second-order valence-electron chi connectivity index (χ2n) is 10.3. The number of carbonyl (C=O) groups excluding carboxylic acids is 2. The van der Waals surface area contributed by atoms with Crippen LogP contribution in [0.25, 0.3) is 33.4 Å². The number of hydrogen-bond acceptors (Lipinski definition) is 6. The van der Waals surface area contributed by atoms with Gasteiger partial charge in [0.05, 0.1) is 5.56 Å². The highest BCUT2D eigenvalue weighted by atomic mass is 19.1. The van der Waals surface area contributed by atoms with E-state index in [1.807, 2.05) is 32.0 Å². The first-order valence-corrected chi connectivity index (χ1v) is 13.8. The van der Waals surface area contributed by atoms with Crippen molar-refractivity contribution < 1.29 is 33.4 Å². The SMILES string of the molecule is CCN(CC)c1cc2oc(-c3ccc(F)cc3)c(C(=O)NC)c2cc1-c1cccc(C(=O)N[C@]2(C(=O)O)C[C@@H]2CO)c1. The molecule has 4 N–H and O–H groups in total. The summed E-state index contributed by atoms with van der Waals surface area (Å²) in [5.41, 5.74) is 2.33. The van der Waals surface area contributed by atoms with Crippen molar-refractivity contribution in [1.29, 1.82) is 0 Å². The Hall–Kier alpha value is -4.70. The largest absolute Gasteiger partial charge is 0.479 e. The molecular weight excluding hydrogens is 541 g/mol. The molecule has 1 aliphatic rings. The normalized spacial score (nSPS) is 17.6. The van der Waals surface area contributed by atoms with Gasteiger partial charge in [-0.1, -0.05) is 12.1 Å². The first kappa shape index (κ1) is 28.8. The number of rotatable bonds is 10. The summed E-state index contributed by atoms with van der Waals surface area (Å²) in [5.74, 6) is -2.76. The van der Waals surface area contributed by atoms with Crippen LogP contribution in [0.4, 0.5) is 10.1 Å². The van der Waals surface area contributed by atoms with E-state index in [-0.39, 0.29) is 24.5 Å². The minimum Gasteiger partial charge on any atom is -0.479 e. The lowest BCUT2D eigenvalue weighted by atomic mass is 9.96. The van der Waals surface area contributed by atoms with E-state index >= 15 is 0 Å². The molecule has 218 valence electrons. The Labute approximate surface area is 241 Å². The number of hydrogen-bond donors (Lipinski definition) is 4. The Morgan fingerprint density at radius 3 is 2.33 bits per heavy atom. The fourth-order valence-corrected chi connectivity index (χ4v) is 5.47. The highest BCUT2D eigenvalue weighted by Gasteiger charge is 2.61. The molecule has 0 aliphatic heterocycles. The van der Waals surface area contributed by atoms with Crippen LogP contribution < -0.4 is 15.5 Å². The van der Waals surface area contributed by atoms with Crippen molar-refractivity contribution >= 4 is 34.4 Å². The molecule has 0 bridgehead atoms. The molecule has 1 fully saturated rings. The van der Waals surface area contributed by atoms with Gasteiger partial charge in [-0.3, -0.25) is 9.59 Å². The van der Waals surface area contributed by atoms with Gasteiger partial charge in [0.25, 0.3) is 11.8 Å². The van der Waals surface area contributed by atoms with Crippen LogP contribution in [-0.4, -0.2) is 60.3 Å². The Morgan fingerprint density at radius 2 is 1.74 bits per heavy atom. The first-order valence-electron chi connectivity index (χ1n) is 13.8. The number of nitrogens with one attached hydrogen (secondary N) is 2. The molecule has 0 spiro atoms. The predicted octanol–water partition coefficient (Wildman–Crippen LogP) is 4.68. The molecule has 0 unspecified atom stereocenters. The van der Waals surface area contributed by atoms with Gasteiger partial charge in [-0.05, 0) is 68.3 Å². The van der Waals surface area contributed by atoms with Gasteiger partial charge in [0.15, 0.2) is 0 Å². The number of halogens is 1. The number of benzene rings is 3.